The van der Waals surface area contributed by atoms with Crippen LogP contribution in [0.2, 0.25) is 0 Å². The van der Waals surface area contributed by atoms with E-state index >= 15 is 0 Å². The molecule has 0 fully saturated rings. The molecule has 14 nitrogen and oxygen atoms in total. The van der Waals surface area contributed by atoms with Gasteiger partial charge < -0.3 is 42.7 Å². The molecule has 4 amide bonds. The molecule has 4 unspecified atom stereocenters. The third-order valence-corrected chi connectivity index (χ3v) is 4.45. The number of aliphatic hydroxyl groups excluding tert-OH is 1. The Morgan fingerprint density at radius 2 is 1.27 bits per heavy atom. The maximum atomic E-state index is 12.6. The lowest BCUT2D eigenvalue weighted by molar-refractivity contribution is -0.143. The lowest BCUT2D eigenvalue weighted by Crippen LogP contribution is -2.58. The van der Waals surface area contributed by atoms with Crippen LogP contribution < -0.4 is 27.4 Å². The third kappa shape index (κ3) is 12.4. The van der Waals surface area contributed by atoms with Crippen molar-refractivity contribution in [2.45, 2.75) is 70.1 Å². The molecule has 10 N–H and O–H groups in total. The number of hydrogen-bond donors (Lipinski definition) is 8. The van der Waals surface area contributed by atoms with Crippen LogP contribution in [0.4, 0.5) is 0 Å². The van der Waals surface area contributed by atoms with Gasteiger partial charge in [-0.15, -0.1) is 0 Å². The largest absolute Gasteiger partial charge is 0.481 e. The minimum Gasteiger partial charge on any atom is -0.481 e. The van der Waals surface area contributed by atoms with Crippen LogP contribution in [0.1, 0.15) is 46.0 Å². The number of amides is 4. The number of nitrogens with one attached hydrogen (secondary N) is 3. The van der Waals surface area contributed by atoms with Crippen LogP contribution in [-0.2, 0) is 28.8 Å². The van der Waals surface area contributed by atoms with Crippen LogP contribution in [0.5, 0.6) is 0 Å². The topological polar surface area (TPSA) is 251 Å². The summed E-state index contributed by atoms with van der Waals surface area (Å²) < 4.78 is 0. The third-order valence-electron chi connectivity index (χ3n) is 4.45. The maximum absolute atomic E-state index is 12.6. The van der Waals surface area contributed by atoms with Gasteiger partial charge in [0.1, 0.15) is 18.1 Å². The van der Waals surface area contributed by atoms with Crippen LogP contribution in [0.15, 0.2) is 0 Å². The zero-order valence-electron chi connectivity index (χ0n) is 18.6. The molecule has 0 spiro atoms. The summed E-state index contributed by atoms with van der Waals surface area (Å²) in [6, 6.07) is -5.43. The molecule has 0 rings (SSSR count). The number of carboxylic acids is 2. The van der Waals surface area contributed by atoms with Gasteiger partial charge in [0.25, 0.3) is 0 Å². The Balaban J connectivity index is 5.30. The van der Waals surface area contributed by atoms with Gasteiger partial charge in [0.2, 0.25) is 23.6 Å². The standard InChI is InChI=1S/C19H33N5O9/c1-9(2)7-10(20)16(29)22-11(3-5-14(21)26)17(30)24-13(8-25)18(31)23-12(19(32)33)4-6-15(27)28/h9-13,25H,3-8,20H2,1-2H3,(H2,21,26)(H,22,29)(H,23,31)(H,24,30)(H,27,28)(H,32,33). The number of nitrogens with two attached hydrogens (primary N) is 2. The Bertz CT molecular complexity index is 728. The number of primary amides is 1. The Morgan fingerprint density at radius 3 is 1.73 bits per heavy atom. The zero-order chi connectivity index (χ0) is 25.7. The van der Waals surface area contributed by atoms with Gasteiger partial charge in [-0.1, -0.05) is 13.8 Å². The van der Waals surface area contributed by atoms with Gasteiger partial charge in [0, 0.05) is 12.8 Å². The van der Waals surface area contributed by atoms with E-state index in [-0.39, 0.29) is 18.8 Å². The van der Waals surface area contributed by atoms with Crippen molar-refractivity contribution < 1.29 is 44.1 Å². The van der Waals surface area contributed by atoms with E-state index in [0.29, 0.717) is 6.42 Å². The van der Waals surface area contributed by atoms with Gasteiger partial charge in [-0.2, -0.15) is 0 Å². The maximum Gasteiger partial charge on any atom is 0.326 e. The van der Waals surface area contributed by atoms with E-state index in [1.54, 1.807) is 0 Å². The summed E-state index contributed by atoms with van der Waals surface area (Å²) in [5, 5.41) is 33.9. The van der Waals surface area contributed by atoms with Gasteiger partial charge in [-0.3, -0.25) is 24.0 Å². The summed E-state index contributed by atoms with van der Waals surface area (Å²) in [6.07, 6.45) is -1.12. The van der Waals surface area contributed by atoms with E-state index in [9.17, 15) is 33.9 Å². The van der Waals surface area contributed by atoms with E-state index in [2.05, 4.69) is 10.6 Å². The monoisotopic (exact) mass is 475 g/mol. The van der Waals surface area contributed by atoms with Crippen LogP contribution in [0.3, 0.4) is 0 Å². The van der Waals surface area contributed by atoms with E-state index in [4.69, 9.17) is 21.7 Å². The predicted octanol–water partition coefficient (Wildman–Crippen LogP) is -2.98. The molecule has 0 bridgehead atoms. The Hall–Kier alpha value is -3.26. The molecule has 4 atom stereocenters. The van der Waals surface area contributed by atoms with Crippen LogP contribution in [-0.4, -0.2) is 81.7 Å². The number of hydrogen-bond acceptors (Lipinski definition) is 8. The second-order valence-electron chi connectivity index (χ2n) is 7.88. The average Bonchev–Trinajstić information content (AvgIpc) is 2.70. The SMILES string of the molecule is CC(C)CC(N)C(=O)NC(CCC(N)=O)C(=O)NC(CO)C(=O)NC(CCC(=O)O)C(=O)O. The second-order valence-corrected chi connectivity index (χ2v) is 7.88. The predicted molar refractivity (Wildman–Crippen MR) is 113 cm³/mol. The molecule has 0 aromatic rings. The highest BCUT2D eigenvalue weighted by atomic mass is 16.4. The van der Waals surface area contributed by atoms with Gasteiger partial charge in [0.15, 0.2) is 0 Å². The summed E-state index contributed by atoms with van der Waals surface area (Å²) in [4.78, 5) is 70.3. The van der Waals surface area contributed by atoms with Crippen molar-refractivity contribution in [1.29, 1.82) is 0 Å². The molecule has 188 valence electrons. The molecule has 0 radical (unpaired) electrons. The molecule has 0 heterocycles. The van der Waals surface area contributed by atoms with E-state index < -0.39 is 79.2 Å². The van der Waals surface area contributed by atoms with Crippen molar-refractivity contribution in [3.8, 4) is 0 Å². The summed E-state index contributed by atoms with van der Waals surface area (Å²) in [5.41, 5.74) is 10.9. The summed E-state index contributed by atoms with van der Waals surface area (Å²) in [6.45, 7) is 2.76. The molecule has 33 heavy (non-hydrogen) atoms. The zero-order valence-corrected chi connectivity index (χ0v) is 18.6. The first-order valence-corrected chi connectivity index (χ1v) is 10.3. The van der Waals surface area contributed by atoms with Gasteiger partial charge >= 0.3 is 11.9 Å². The highest BCUT2D eigenvalue weighted by Crippen LogP contribution is 2.05. The molecular formula is C19H33N5O9. The molecule has 0 aromatic carbocycles. The first-order chi connectivity index (χ1) is 15.3. The number of carbonyl (C=O) groups excluding carboxylic acids is 4. The van der Waals surface area contributed by atoms with Gasteiger partial charge in [-0.05, 0) is 25.2 Å². The number of rotatable bonds is 16. The van der Waals surface area contributed by atoms with Gasteiger partial charge in [0.05, 0.1) is 12.6 Å². The summed E-state index contributed by atoms with van der Waals surface area (Å²) >= 11 is 0. The lowest BCUT2D eigenvalue weighted by atomic mass is 10.0. The molecule has 14 heteroatoms. The molecule has 0 aliphatic carbocycles. The number of aliphatic hydroxyl groups is 1. The van der Waals surface area contributed by atoms with E-state index in [0.717, 1.165) is 0 Å². The normalized spacial score (nSPS) is 14.5. The number of carbonyl (C=O) groups is 6. The van der Waals surface area contributed by atoms with Crippen LogP contribution in [0.25, 0.3) is 0 Å². The molecule has 0 saturated carbocycles. The fourth-order valence-electron chi connectivity index (χ4n) is 2.71. The fourth-order valence-corrected chi connectivity index (χ4v) is 2.71. The quantitative estimate of drug-likeness (QED) is 0.112. The van der Waals surface area contributed by atoms with E-state index in [1.165, 1.54) is 0 Å². The van der Waals surface area contributed by atoms with Gasteiger partial charge in [-0.25, -0.2) is 4.79 Å². The molecule has 0 aliphatic rings. The van der Waals surface area contributed by atoms with Crippen molar-refractivity contribution in [2.24, 2.45) is 17.4 Å². The smallest absolute Gasteiger partial charge is 0.326 e. The molecule has 0 saturated heterocycles. The molecule has 0 aromatic heterocycles. The van der Waals surface area contributed by atoms with E-state index in [1.807, 2.05) is 19.2 Å². The minimum atomic E-state index is -1.61. The first-order valence-electron chi connectivity index (χ1n) is 10.3. The highest BCUT2D eigenvalue weighted by molar-refractivity contribution is 5.94. The fraction of sp³-hybridized carbons (Fsp3) is 0.684. The van der Waals surface area contributed by atoms with Crippen molar-refractivity contribution in [3.05, 3.63) is 0 Å². The lowest BCUT2D eigenvalue weighted by Gasteiger charge is -2.24. The summed E-state index contributed by atoms with van der Waals surface area (Å²) in [7, 11) is 0. The number of carboxylic acid groups (broad SMARTS) is 2. The first kappa shape index (κ1) is 29.7. The van der Waals surface area contributed by atoms with Crippen molar-refractivity contribution in [2.75, 3.05) is 6.61 Å². The summed E-state index contributed by atoms with van der Waals surface area (Å²) in [5.74, 6) is -6.11. The van der Waals surface area contributed by atoms with Crippen molar-refractivity contribution in [1.82, 2.24) is 16.0 Å². The number of aliphatic carboxylic acids is 2. The van der Waals surface area contributed by atoms with Crippen LogP contribution >= 0.6 is 0 Å². The molecular weight excluding hydrogens is 442 g/mol. The van der Waals surface area contributed by atoms with Crippen molar-refractivity contribution >= 4 is 35.6 Å². The second kappa shape index (κ2) is 14.7. The Morgan fingerprint density at radius 1 is 0.788 bits per heavy atom. The highest BCUT2D eigenvalue weighted by Gasteiger charge is 2.30. The Labute approximate surface area is 190 Å². The average molecular weight is 475 g/mol. The molecule has 0 aliphatic heterocycles. The van der Waals surface area contributed by atoms with Crippen molar-refractivity contribution in [3.63, 3.8) is 0 Å². The minimum absolute atomic E-state index is 0.0921. The Kier molecular flexibility index (Phi) is 13.3. The van der Waals surface area contributed by atoms with Crippen LogP contribution in [0, 0.1) is 5.92 Å².